The monoisotopic (exact) mass is 420 g/mol. The summed E-state index contributed by atoms with van der Waals surface area (Å²) in [6.07, 6.45) is 3.84. The lowest BCUT2D eigenvalue weighted by Gasteiger charge is -2.31. The molecular weight excluding hydrogens is 396 g/mol. The molecule has 1 aliphatic heterocycles. The van der Waals surface area contributed by atoms with Gasteiger partial charge >= 0.3 is 0 Å². The molecule has 8 nitrogen and oxygen atoms in total. The Labute approximate surface area is 179 Å². The summed E-state index contributed by atoms with van der Waals surface area (Å²) in [6.45, 7) is 1.34. The van der Waals surface area contributed by atoms with E-state index in [-0.39, 0.29) is 30.5 Å². The minimum absolute atomic E-state index is 0.00563. The zero-order chi connectivity index (χ0) is 21.8. The van der Waals surface area contributed by atoms with Crippen LogP contribution in [0.5, 0.6) is 0 Å². The van der Waals surface area contributed by atoms with Crippen LogP contribution in [-0.2, 0) is 11.2 Å². The Hall–Kier alpha value is -3.52. The number of aliphatic hydroxyl groups excluding tert-OH is 1. The fourth-order valence-electron chi connectivity index (χ4n) is 3.95. The fraction of sp³-hybridized carbons (Fsp3) is 0.304. The van der Waals surface area contributed by atoms with Crippen molar-refractivity contribution < 1.29 is 14.8 Å². The van der Waals surface area contributed by atoms with Crippen LogP contribution in [0.4, 0.5) is 5.69 Å². The maximum atomic E-state index is 13.0. The van der Waals surface area contributed by atoms with Crippen molar-refractivity contribution in [2.45, 2.75) is 19.3 Å². The number of likely N-dealkylation sites (tertiary alicyclic amines) is 1. The smallest absolute Gasteiger partial charge is 0.269 e. The van der Waals surface area contributed by atoms with Crippen LogP contribution in [-0.4, -0.2) is 50.3 Å². The van der Waals surface area contributed by atoms with Crippen molar-refractivity contribution in [1.82, 2.24) is 14.7 Å². The van der Waals surface area contributed by atoms with E-state index in [1.54, 1.807) is 16.8 Å². The largest absolute Gasteiger partial charge is 0.396 e. The van der Waals surface area contributed by atoms with E-state index < -0.39 is 4.92 Å². The molecule has 4 rings (SSSR count). The van der Waals surface area contributed by atoms with Gasteiger partial charge in [-0.25, -0.2) is 4.68 Å². The number of nitrogens with zero attached hydrogens (tertiary/aromatic N) is 4. The topological polar surface area (TPSA) is 102 Å². The number of aliphatic hydroxyl groups is 1. The third-order valence-corrected chi connectivity index (χ3v) is 5.63. The van der Waals surface area contributed by atoms with Gasteiger partial charge in [-0.1, -0.05) is 18.2 Å². The van der Waals surface area contributed by atoms with Gasteiger partial charge in [0.25, 0.3) is 5.69 Å². The minimum atomic E-state index is -0.440. The lowest BCUT2D eigenvalue weighted by atomic mass is 9.98. The van der Waals surface area contributed by atoms with Crippen LogP contribution in [0.25, 0.3) is 16.9 Å². The van der Waals surface area contributed by atoms with Gasteiger partial charge in [0.2, 0.25) is 5.91 Å². The van der Waals surface area contributed by atoms with Gasteiger partial charge in [-0.15, -0.1) is 0 Å². The van der Waals surface area contributed by atoms with Crippen molar-refractivity contribution in [2.75, 3.05) is 19.7 Å². The molecule has 0 saturated carbocycles. The Kier molecular flexibility index (Phi) is 6.08. The normalized spacial score (nSPS) is 16.3. The van der Waals surface area contributed by atoms with E-state index in [2.05, 4.69) is 0 Å². The van der Waals surface area contributed by atoms with Crippen molar-refractivity contribution in [3.63, 3.8) is 0 Å². The zero-order valence-corrected chi connectivity index (χ0v) is 17.1. The quantitative estimate of drug-likeness (QED) is 0.487. The highest BCUT2D eigenvalue weighted by atomic mass is 16.6. The molecule has 1 unspecified atom stereocenters. The number of nitro groups is 1. The molecule has 1 atom stereocenters. The molecule has 1 aromatic heterocycles. The van der Waals surface area contributed by atoms with Crippen molar-refractivity contribution in [2.24, 2.45) is 5.92 Å². The van der Waals surface area contributed by atoms with Crippen LogP contribution in [0.1, 0.15) is 18.4 Å². The molecule has 0 radical (unpaired) electrons. The number of piperidine rings is 1. The van der Waals surface area contributed by atoms with Crippen molar-refractivity contribution in [3.05, 3.63) is 76.5 Å². The van der Waals surface area contributed by atoms with Crippen molar-refractivity contribution >= 4 is 11.6 Å². The number of rotatable bonds is 6. The summed E-state index contributed by atoms with van der Waals surface area (Å²) in [6, 6.07) is 15.8. The molecule has 1 N–H and O–H groups in total. The first-order chi connectivity index (χ1) is 15.0. The third-order valence-electron chi connectivity index (χ3n) is 5.63. The second-order valence-electron chi connectivity index (χ2n) is 7.79. The van der Waals surface area contributed by atoms with Crippen LogP contribution in [0.2, 0.25) is 0 Å². The lowest BCUT2D eigenvalue weighted by Crippen LogP contribution is -2.41. The predicted molar refractivity (Wildman–Crippen MR) is 116 cm³/mol. The molecule has 1 fully saturated rings. The predicted octanol–water partition coefficient (Wildman–Crippen LogP) is 3.22. The summed E-state index contributed by atoms with van der Waals surface area (Å²) >= 11 is 0. The van der Waals surface area contributed by atoms with E-state index in [0.717, 1.165) is 29.7 Å². The molecule has 160 valence electrons. The standard InChI is InChI=1S/C23H24N4O4/c28-16-17-5-4-12-25(14-17)22(29)13-19-15-26(20-6-2-1-3-7-20)24-23(19)18-8-10-21(11-9-18)27(30)31/h1-3,6-11,15,17,28H,4-5,12-14,16H2. The second kappa shape index (κ2) is 9.09. The molecule has 1 aliphatic rings. The van der Waals surface area contributed by atoms with E-state index >= 15 is 0 Å². The van der Waals surface area contributed by atoms with Crippen molar-refractivity contribution in [1.29, 1.82) is 0 Å². The molecule has 1 saturated heterocycles. The van der Waals surface area contributed by atoms with E-state index in [1.165, 1.54) is 12.1 Å². The molecule has 3 aromatic rings. The van der Waals surface area contributed by atoms with E-state index in [1.807, 2.05) is 41.4 Å². The Morgan fingerprint density at radius 3 is 2.58 bits per heavy atom. The third kappa shape index (κ3) is 4.64. The summed E-state index contributed by atoms with van der Waals surface area (Å²) < 4.78 is 1.73. The molecule has 2 heterocycles. The Bertz CT molecular complexity index is 1060. The Balaban J connectivity index is 1.65. The van der Waals surface area contributed by atoms with Gasteiger partial charge < -0.3 is 10.0 Å². The molecular formula is C23H24N4O4. The van der Waals surface area contributed by atoms with E-state index in [0.29, 0.717) is 18.8 Å². The maximum Gasteiger partial charge on any atom is 0.269 e. The number of para-hydroxylation sites is 1. The first kappa shape index (κ1) is 20.7. The average Bonchev–Trinajstić information content (AvgIpc) is 3.23. The number of nitro benzene ring substituents is 1. The highest BCUT2D eigenvalue weighted by Crippen LogP contribution is 2.27. The Morgan fingerprint density at radius 2 is 1.90 bits per heavy atom. The van der Waals surface area contributed by atoms with Crippen LogP contribution in [0.15, 0.2) is 60.8 Å². The summed E-state index contributed by atoms with van der Waals surface area (Å²) in [4.78, 5) is 25.4. The number of non-ortho nitro benzene ring substituents is 1. The highest BCUT2D eigenvalue weighted by Gasteiger charge is 2.25. The summed E-state index contributed by atoms with van der Waals surface area (Å²) in [5, 5.41) is 25.1. The second-order valence-corrected chi connectivity index (χ2v) is 7.79. The number of aromatic nitrogens is 2. The number of carbonyl (C=O) groups excluding carboxylic acids is 1. The minimum Gasteiger partial charge on any atom is -0.396 e. The number of hydrogen-bond donors (Lipinski definition) is 1. The van der Waals surface area contributed by atoms with Crippen LogP contribution in [0, 0.1) is 16.0 Å². The summed E-state index contributed by atoms with van der Waals surface area (Å²) in [5.74, 6) is 0.118. The van der Waals surface area contributed by atoms with Gasteiger partial charge in [0.15, 0.2) is 0 Å². The van der Waals surface area contributed by atoms with Gasteiger partial charge in [0.1, 0.15) is 0 Å². The van der Waals surface area contributed by atoms with Gasteiger partial charge in [-0.3, -0.25) is 14.9 Å². The molecule has 31 heavy (non-hydrogen) atoms. The lowest BCUT2D eigenvalue weighted by molar-refractivity contribution is -0.384. The Morgan fingerprint density at radius 1 is 1.16 bits per heavy atom. The van der Waals surface area contributed by atoms with Crippen LogP contribution < -0.4 is 0 Å². The van der Waals surface area contributed by atoms with Crippen molar-refractivity contribution in [3.8, 4) is 16.9 Å². The highest BCUT2D eigenvalue weighted by molar-refractivity contribution is 5.81. The molecule has 2 aromatic carbocycles. The number of carbonyl (C=O) groups is 1. The van der Waals surface area contributed by atoms with Gasteiger partial charge in [0.05, 0.1) is 22.7 Å². The molecule has 1 amide bonds. The fourth-order valence-corrected chi connectivity index (χ4v) is 3.95. The van der Waals surface area contributed by atoms with Gasteiger partial charge in [-0.2, -0.15) is 5.10 Å². The number of benzene rings is 2. The average molecular weight is 420 g/mol. The maximum absolute atomic E-state index is 13.0. The summed E-state index contributed by atoms with van der Waals surface area (Å²) in [7, 11) is 0. The van der Waals surface area contributed by atoms with Crippen LogP contribution in [0.3, 0.4) is 0 Å². The SMILES string of the molecule is O=C(Cc1cn(-c2ccccc2)nc1-c1ccc([N+](=O)[O-])cc1)N1CCCC(CO)C1. The van der Waals surface area contributed by atoms with Gasteiger partial charge in [0, 0.05) is 49.2 Å². The number of hydrogen-bond acceptors (Lipinski definition) is 5. The molecule has 0 aliphatic carbocycles. The van der Waals surface area contributed by atoms with Crippen LogP contribution >= 0.6 is 0 Å². The summed E-state index contributed by atoms with van der Waals surface area (Å²) in [5.41, 5.74) is 2.97. The zero-order valence-electron chi connectivity index (χ0n) is 17.1. The molecule has 8 heteroatoms. The van der Waals surface area contributed by atoms with Gasteiger partial charge in [-0.05, 0) is 43.0 Å². The number of amides is 1. The first-order valence-corrected chi connectivity index (χ1v) is 10.3. The molecule has 0 spiro atoms. The van der Waals surface area contributed by atoms with E-state index in [4.69, 9.17) is 5.10 Å². The van der Waals surface area contributed by atoms with E-state index in [9.17, 15) is 20.0 Å². The first-order valence-electron chi connectivity index (χ1n) is 10.3. The molecule has 0 bridgehead atoms.